The molecule has 1 saturated carbocycles. The van der Waals surface area contributed by atoms with Gasteiger partial charge >= 0.3 is 18.4 Å². The number of hydrogen-bond donors (Lipinski definition) is 0. The molecule has 0 amide bonds. The molecule has 1 heterocycles. The number of alkyl halides is 7. The number of hydrogen-bond acceptors (Lipinski definition) is 1. The van der Waals surface area contributed by atoms with Gasteiger partial charge in [-0.2, -0.15) is 30.7 Å². The minimum Gasteiger partial charge on any atom is -0.254 e. The first-order valence-electron chi connectivity index (χ1n) is 3.57. The third-order valence-electron chi connectivity index (χ3n) is 2.66. The third-order valence-corrected chi connectivity index (χ3v) is 2.66. The zero-order valence-corrected chi connectivity index (χ0v) is 6.34. The monoisotopic (exact) mass is 224 g/mol. The fourth-order valence-electron chi connectivity index (χ4n) is 1.80. The Kier molecular flexibility index (Phi) is 1.45. The first-order valence-corrected chi connectivity index (χ1v) is 3.57. The molecule has 1 saturated heterocycles. The van der Waals surface area contributed by atoms with E-state index in [1.165, 1.54) is 0 Å². The van der Waals surface area contributed by atoms with Gasteiger partial charge in [-0.1, -0.05) is 0 Å². The van der Waals surface area contributed by atoms with Crippen molar-refractivity contribution < 1.29 is 35.5 Å². The molecule has 0 aromatic rings. The zero-order chi connectivity index (χ0) is 11.0. The van der Waals surface area contributed by atoms with Crippen LogP contribution in [0.15, 0.2) is 0 Å². The standard InChI is InChI=1S/C6H3F7O/c7-4(8)2-1-3(2,5(9,10)11)6(12,13)14-4/h2H,1H2. The van der Waals surface area contributed by atoms with E-state index < -0.39 is 36.1 Å². The van der Waals surface area contributed by atoms with Crippen LogP contribution in [0.25, 0.3) is 0 Å². The quantitative estimate of drug-likeness (QED) is 0.575. The highest BCUT2D eigenvalue weighted by Gasteiger charge is 2.94. The van der Waals surface area contributed by atoms with E-state index in [1.807, 2.05) is 0 Å². The van der Waals surface area contributed by atoms with E-state index in [9.17, 15) is 30.7 Å². The number of rotatable bonds is 0. The Morgan fingerprint density at radius 3 is 1.71 bits per heavy atom. The van der Waals surface area contributed by atoms with Crippen molar-refractivity contribution in [3.8, 4) is 0 Å². The Balaban J connectivity index is 2.43. The van der Waals surface area contributed by atoms with Crippen molar-refractivity contribution in [3.63, 3.8) is 0 Å². The Morgan fingerprint density at radius 2 is 1.57 bits per heavy atom. The predicted molar refractivity (Wildman–Crippen MR) is 27.6 cm³/mol. The summed E-state index contributed by atoms with van der Waals surface area (Å²) in [4.78, 5) is 0. The summed E-state index contributed by atoms with van der Waals surface area (Å²) in [5.41, 5.74) is -3.68. The van der Waals surface area contributed by atoms with Gasteiger partial charge in [-0.25, -0.2) is 0 Å². The molecule has 2 unspecified atom stereocenters. The van der Waals surface area contributed by atoms with Gasteiger partial charge in [0, 0.05) is 0 Å². The third kappa shape index (κ3) is 0.850. The smallest absolute Gasteiger partial charge is 0.254 e. The predicted octanol–water partition coefficient (Wildman–Crippen LogP) is 2.77. The fraction of sp³-hybridized carbons (Fsp3) is 1.00. The van der Waals surface area contributed by atoms with E-state index in [2.05, 4.69) is 4.74 Å². The SMILES string of the molecule is FC1(F)OC(F)(F)C2(C(F)(F)F)CC12. The van der Waals surface area contributed by atoms with Crippen molar-refractivity contribution in [2.24, 2.45) is 11.3 Å². The summed E-state index contributed by atoms with van der Waals surface area (Å²) in [6, 6.07) is 0. The van der Waals surface area contributed by atoms with E-state index in [0.717, 1.165) is 0 Å². The lowest BCUT2D eigenvalue weighted by Crippen LogP contribution is -2.41. The van der Waals surface area contributed by atoms with Crippen molar-refractivity contribution in [1.29, 1.82) is 0 Å². The summed E-state index contributed by atoms with van der Waals surface area (Å²) in [7, 11) is 0. The number of fused-ring (bicyclic) bond motifs is 1. The van der Waals surface area contributed by atoms with Crippen LogP contribution in [0.2, 0.25) is 0 Å². The largest absolute Gasteiger partial charge is 0.403 e. The van der Waals surface area contributed by atoms with Crippen LogP contribution in [0, 0.1) is 11.3 Å². The minimum absolute atomic E-state index is 1.28. The Hall–Kier alpha value is -0.530. The average molecular weight is 224 g/mol. The van der Waals surface area contributed by atoms with Crippen molar-refractivity contribution in [2.75, 3.05) is 0 Å². The van der Waals surface area contributed by atoms with Gasteiger partial charge in [0.2, 0.25) is 0 Å². The van der Waals surface area contributed by atoms with Gasteiger partial charge < -0.3 is 0 Å². The topological polar surface area (TPSA) is 9.23 Å². The van der Waals surface area contributed by atoms with E-state index in [4.69, 9.17) is 0 Å². The van der Waals surface area contributed by atoms with Gasteiger partial charge in [-0.05, 0) is 6.42 Å². The molecule has 2 atom stereocenters. The molecule has 0 N–H and O–H groups in total. The molecule has 1 nitrogen and oxygen atoms in total. The van der Waals surface area contributed by atoms with E-state index in [1.54, 1.807) is 0 Å². The molecule has 0 radical (unpaired) electrons. The lowest BCUT2D eigenvalue weighted by Gasteiger charge is -2.23. The number of ether oxygens (including phenoxy) is 1. The maximum atomic E-state index is 12.6. The molecular weight excluding hydrogens is 221 g/mol. The second kappa shape index (κ2) is 2.02. The van der Waals surface area contributed by atoms with Gasteiger partial charge in [0.25, 0.3) is 0 Å². The van der Waals surface area contributed by atoms with Gasteiger partial charge in [-0.15, -0.1) is 0 Å². The first-order chi connectivity index (χ1) is 6.05. The van der Waals surface area contributed by atoms with Crippen LogP contribution in [0.1, 0.15) is 6.42 Å². The van der Waals surface area contributed by atoms with Crippen LogP contribution in [-0.4, -0.2) is 18.4 Å². The average Bonchev–Trinajstić information content (AvgIpc) is 2.49. The van der Waals surface area contributed by atoms with Crippen LogP contribution in [0.5, 0.6) is 0 Å². The zero-order valence-electron chi connectivity index (χ0n) is 6.34. The highest BCUT2D eigenvalue weighted by molar-refractivity contribution is 5.19. The van der Waals surface area contributed by atoms with Crippen molar-refractivity contribution in [2.45, 2.75) is 24.8 Å². The maximum absolute atomic E-state index is 12.6. The van der Waals surface area contributed by atoms with Crippen LogP contribution >= 0.6 is 0 Å². The van der Waals surface area contributed by atoms with Crippen LogP contribution < -0.4 is 0 Å². The molecule has 0 spiro atoms. The lowest BCUT2D eigenvalue weighted by molar-refractivity contribution is -0.382. The highest BCUT2D eigenvalue weighted by Crippen LogP contribution is 2.79. The van der Waals surface area contributed by atoms with Gasteiger partial charge in [-0.3, -0.25) is 4.74 Å². The molecule has 1 aliphatic heterocycles. The normalized spacial score (nSPS) is 43.5. The summed E-state index contributed by atoms with van der Waals surface area (Å²) in [5, 5.41) is 0. The molecule has 1 aliphatic carbocycles. The van der Waals surface area contributed by atoms with Crippen LogP contribution in [0.3, 0.4) is 0 Å². The minimum atomic E-state index is -5.37. The molecule has 0 aromatic carbocycles. The van der Waals surface area contributed by atoms with Crippen molar-refractivity contribution in [1.82, 2.24) is 0 Å². The fourth-order valence-corrected chi connectivity index (χ4v) is 1.80. The molecule has 2 aliphatic rings. The summed E-state index contributed by atoms with van der Waals surface area (Å²) in [6.45, 7) is 0. The van der Waals surface area contributed by atoms with Gasteiger partial charge in [0.05, 0.1) is 5.92 Å². The van der Waals surface area contributed by atoms with E-state index in [0.29, 0.717) is 0 Å². The highest BCUT2D eigenvalue weighted by atomic mass is 19.4. The number of halogens is 7. The Morgan fingerprint density at radius 1 is 1.07 bits per heavy atom. The Bertz CT molecular complexity index is 282. The second-order valence-corrected chi connectivity index (χ2v) is 3.41. The Labute approximate surface area is 72.8 Å². The van der Waals surface area contributed by atoms with Crippen molar-refractivity contribution in [3.05, 3.63) is 0 Å². The van der Waals surface area contributed by atoms with Gasteiger partial charge in [0.15, 0.2) is 5.41 Å². The summed E-state index contributed by atoms with van der Waals surface area (Å²) < 4.78 is 89.3. The molecule has 2 fully saturated rings. The van der Waals surface area contributed by atoms with Crippen LogP contribution in [0.4, 0.5) is 30.7 Å². The second-order valence-electron chi connectivity index (χ2n) is 3.41. The van der Waals surface area contributed by atoms with Gasteiger partial charge in [0.1, 0.15) is 0 Å². The molecular formula is C6H3F7O. The molecule has 82 valence electrons. The van der Waals surface area contributed by atoms with Crippen molar-refractivity contribution >= 4 is 0 Å². The summed E-state index contributed by atoms with van der Waals surface area (Å²) >= 11 is 0. The molecule has 0 aromatic heterocycles. The first kappa shape index (κ1) is 10.0. The molecule has 14 heavy (non-hydrogen) atoms. The summed E-state index contributed by atoms with van der Waals surface area (Å²) in [5.74, 6) is -2.45. The summed E-state index contributed by atoms with van der Waals surface area (Å²) in [6.07, 6.45) is -15.9. The van der Waals surface area contributed by atoms with Crippen LogP contribution in [-0.2, 0) is 4.74 Å². The molecule has 2 rings (SSSR count). The molecule has 8 heteroatoms. The van der Waals surface area contributed by atoms with E-state index >= 15 is 0 Å². The maximum Gasteiger partial charge on any atom is 0.403 e. The lowest BCUT2D eigenvalue weighted by atomic mass is 10.0. The molecule has 0 bridgehead atoms. The van der Waals surface area contributed by atoms with E-state index in [-0.39, 0.29) is 0 Å².